The fourth-order valence-corrected chi connectivity index (χ4v) is 3.28. The average Bonchev–Trinajstić information content (AvgIpc) is 3.24. The summed E-state index contributed by atoms with van der Waals surface area (Å²) in [6.07, 6.45) is 8.73. The van der Waals surface area contributed by atoms with Crippen molar-refractivity contribution >= 4 is 16.8 Å². The summed E-state index contributed by atoms with van der Waals surface area (Å²) in [5.74, 6) is 0.324. The van der Waals surface area contributed by atoms with Crippen LogP contribution in [0.3, 0.4) is 0 Å². The van der Waals surface area contributed by atoms with Gasteiger partial charge in [-0.25, -0.2) is 0 Å². The van der Waals surface area contributed by atoms with Gasteiger partial charge in [0, 0.05) is 11.9 Å². The number of pyridine rings is 1. The number of aromatic nitrogens is 1. The quantitative estimate of drug-likeness (QED) is 0.425. The topological polar surface area (TPSA) is 46.3 Å². The zero-order valence-corrected chi connectivity index (χ0v) is 16.1. The van der Waals surface area contributed by atoms with Gasteiger partial charge in [0.15, 0.2) is 5.76 Å². The summed E-state index contributed by atoms with van der Waals surface area (Å²) in [4.78, 5) is 19.4. The van der Waals surface area contributed by atoms with E-state index in [0.29, 0.717) is 12.3 Å². The number of benzene rings is 1. The Hall–Kier alpha value is -2.62. The maximum atomic E-state index is 12.8. The summed E-state index contributed by atoms with van der Waals surface area (Å²) in [5.41, 5.74) is 1.86. The van der Waals surface area contributed by atoms with Crippen molar-refractivity contribution in [2.24, 2.45) is 0 Å². The molecule has 2 heterocycles. The second-order valence-corrected chi connectivity index (χ2v) is 6.97. The molecule has 0 unspecified atom stereocenters. The predicted molar refractivity (Wildman–Crippen MR) is 109 cm³/mol. The van der Waals surface area contributed by atoms with Crippen LogP contribution in [0, 0.1) is 0 Å². The molecule has 0 bridgehead atoms. The third kappa shape index (κ3) is 5.43. The van der Waals surface area contributed by atoms with E-state index in [2.05, 4.69) is 13.0 Å². The molecule has 4 heteroatoms. The van der Waals surface area contributed by atoms with Gasteiger partial charge < -0.3 is 9.32 Å². The number of amides is 1. The van der Waals surface area contributed by atoms with Gasteiger partial charge in [-0.15, -0.1) is 0 Å². The van der Waals surface area contributed by atoms with Crippen LogP contribution < -0.4 is 0 Å². The van der Waals surface area contributed by atoms with Gasteiger partial charge in [0.2, 0.25) is 0 Å². The van der Waals surface area contributed by atoms with Crippen LogP contribution in [0.25, 0.3) is 10.9 Å². The van der Waals surface area contributed by atoms with Crippen molar-refractivity contribution in [1.29, 1.82) is 0 Å². The smallest absolute Gasteiger partial charge is 0.289 e. The number of hydrogen-bond acceptors (Lipinski definition) is 3. The lowest BCUT2D eigenvalue weighted by Gasteiger charge is -2.21. The molecule has 1 aromatic carbocycles. The van der Waals surface area contributed by atoms with Gasteiger partial charge in [-0.1, -0.05) is 63.3 Å². The standard InChI is InChI=1S/C23H28N2O2/c1-2-3-4-5-6-9-16-25(23(26)22-13-10-17-27-22)18-20-15-14-19-11-7-8-12-21(19)24-20/h7-8,10-15,17H,2-6,9,16,18H2,1H3. The summed E-state index contributed by atoms with van der Waals surface area (Å²) in [7, 11) is 0. The molecule has 0 radical (unpaired) electrons. The zero-order chi connectivity index (χ0) is 18.9. The molecule has 1 amide bonds. The van der Waals surface area contributed by atoms with Crippen LogP contribution in [0.2, 0.25) is 0 Å². The lowest BCUT2D eigenvalue weighted by atomic mass is 10.1. The van der Waals surface area contributed by atoms with Crippen LogP contribution in [-0.2, 0) is 6.54 Å². The number of furan rings is 1. The minimum atomic E-state index is -0.0662. The van der Waals surface area contributed by atoms with Gasteiger partial charge in [0.05, 0.1) is 24.0 Å². The minimum Gasteiger partial charge on any atom is -0.459 e. The Balaban J connectivity index is 1.67. The molecule has 0 aliphatic carbocycles. The Morgan fingerprint density at radius 1 is 0.963 bits per heavy atom. The first-order valence-corrected chi connectivity index (χ1v) is 9.95. The molecule has 0 saturated carbocycles. The Morgan fingerprint density at radius 3 is 2.59 bits per heavy atom. The number of rotatable bonds is 10. The molecule has 3 rings (SSSR count). The molecule has 0 atom stereocenters. The molecule has 0 spiro atoms. The van der Waals surface area contributed by atoms with Crippen LogP contribution in [0.15, 0.2) is 59.2 Å². The predicted octanol–water partition coefficient (Wildman–Crippen LogP) is 5.83. The van der Waals surface area contributed by atoms with Crippen molar-refractivity contribution in [3.8, 4) is 0 Å². The van der Waals surface area contributed by atoms with Crippen molar-refractivity contribution in [3.05, 3.63) is 66.2 Å². The number of unbranched alkanes of at least 4 members (excludes halogenated alkanes) is 5. The van der Waals surface area contributed by atoms with Gasteiger partial charge >= 0.3 is 0 Å². The highest BCUT2D eigenvalue weighted by Gasteiger charge is 2.19. The van der Waals surface area contributed by atoms with Crippen molar-refractivity contribution in [2.45, 2.75) is 52.0 Å². The third-order valence-corrected chi connectivity index (χ3v) is 4.81. The van der Waals surface area contributed by atoms with Gasteiger partial charge in [-0.05, 0) is 30.7 Å². The molecule has 142 valence electrons. The highest BCUT2D eigenvalue weighted by Crippen LogP contribution is 2.16. The van der Waals surface area contributed by atoms with Crippen molar-refractivity contribution < 1.29 is 9.21 Å². The van der Waals surface area contributed by atoms with E-state index in [0.717, 1.165) is 36.0 Å². The number of fused-ring (bicyclic) bond motifs is 1. The molecular weight excluding hydrogens is 336 g/mol. The molecule has 2 aromatic heterocycles. The number of carbonyl (C=O) groups excluding carboxylic acids is 1. The zero-order valence-electron chi connectivity index (χ0n) is 16.1. The summed E-state index contributed by atoms with van der Waals surface area (Å²) in [6.45, 7) is 3.44. The summed E-state index contributed by atoms with van der Waals surface area (Å²) in [5, 5.41) is 1.11. The van der Waals surface area contributed by atoms with Crippen LogP contribution in [0.5, 0.6) is 0 Å². The highest BCUT2D eigenvalue weighted by atomic mass is 16.3. The SMILES string of the molecule is CCCCCCCCN(Cc1ccc2ccccc2n1)C(=O)c1ccco1. The van der Waals surface area contributed by atoms with Gasteiger partial charge in [-0.3, -0.25) is 9.78 Å². The Labute approximate surface area is 161 Å². The fraction of sp³-hybridized carbons (Fsp3) is 0.391. The Morgan fingerprint density at radius 2 is 1.78 bits per heavy atom. The number of para-hydroxylation sites is 1. The van der Waals surface area contributed by atoms with E-state index in [9.17, 15) is 4.79 Å². The summed E-state index contributed by atoms with van der Waals surface area (Å²) >= 11 is 0. The molecule has 0 aliphatic rings. The fourth-order valence-electron chi connectivity index (χ4n) is 3.28. The average molecular weight is 364 g/mol. The number of hydrogen-bond donors (Lipinski definition) is 0. The summed E-state index contributed by atoms with van der Waals surface area (Å²) < 4.78 is 5.33. The van der Waals surface area contributed by atoms with Crippen LogP contribution in [0.1, 0.15) is 61.7 Å². The molecule has 0 fully saturated rings. The Kier molecular flexibility index (Phi) is 7.03. The summed E-state index contributed by atoms with van der Waals surface area (Å²) in [6, 6.07) is 15.6. The second-order valence-electron chi connectivity index (χ2n) is 6.97. The maximum Gasteiger partial charge on any atom is 0.289 e. The monoisotopic (exact) mass is 364 g/mol. The first-order chi connectivity index (χ1) is 13.3. The first kappa shape index (κ1) is 19.2. The van der Waals surface area contributed by atoms with Crippen molar-refractivity contribution in [2.75, 3.05) is 6.54 Å². The second kappa shape index (κ2) is 9.91. The molecule has 0 N–H and O–H groups in total. The lowest BCUT2D eigenvalue weighted by Crippen LogP contribution is -2.31. The molecule has 27 heavy (non-hydrogen) atoms. The van der Waals surface area contributed by atoms with Crippen molar-refractivity contribution in [3.63, 3.8) is 0 Å². The van der Waals surface area contributed by atoms with E-state index < -0.39 is 0 Å². The molecule has 3 aromatic rings. The van der Waals surface area contributed by atoms with E-state index in [1.807, 2.05) is 35.2 Å². The van der Waals surface area contributed by atoms with Crippen LogP contribution in [0.4, 0.5) is 0 Å². The first-order valence-electron chi connectivity index (χ1n) is 9.95. The highest BCUT2D eigenvalue weighted by molar-refractivity contribution is 5.91. The third-order valence-electron chi connectivity index (χ3n) is 4.81. The largest absolute Gasteiger partial charge is 0.459 e. The van der Waals surface area contributed by atoms with Gasteiger partial charge in [-0.2, -0.15) is 0 Å². The van der Waals surface area contributed by atoms with E-state index >= 15 is 0 Å². The lowest BCUT2D eigenvalue weighted by molar-refractivity contribution is 0.0705. The van der Waals surface area contributed by atoms with E-state index in [1.54, 1.807) is 18.4 Å². The minimum absolute atomic E-state index is 0.0662. The Bertz CT molecular complexity index is 842. The molecule has 0 saturated heterocycles. The van der Waals surface area contributed by atoms with Crippen LogP contribution >= 0.6 is 0 Å². The normalized spacial score (nSPS) is 11.0. The molecule has 4 nitrogen and oxygen atoms in total. The molecular formula is C23H28N2O2. The van der Waals surface area contributed by atoms with Gasteiger partial charge in [0.1, 0.15) is 0 Å². The molecule has 0 aliphatic heterocycles. The number of carbonyl (C=O) groups is 1. The van der Waals surface area contributed by atoms with Crippen LogP contribution in [-0.4, -0.2) is 22.3 Å². The number of nitrogens with zero attached hydrogens (tertiary/aromatic N) is 2. The van der Waals surface area contributed by atoms with E-state index in [1.165, 1.54) is 25.7 Å². The maximum absolute atomic E-state index is 12.8. The van der Waals surface area contributed by atoms with E-state index in [4.69, 9.17) is 9.40 Å². The van der Waals surface area contributed by atoms with E-state index in [-0.39, 0.29) is 5.91 Å². The van der Waals surface area contributed by atoms with Crippen molar-refractivity contribution in [1.82, 2.24) is 9.88 Å². The van der Waals surface area contributed by atoms with Gasteiger partial charge in [0.25, 0.3) is 5.91 Å².